The van der Waals surface area contributed by atoms with Crippen molar-refractivity contribution in [3.63, 3.8) is 0 Å². The van der Waals surface area contributed by atoms with Gasteiger partial charge in [0.2, 0.25) is 5.95 Å². The van der Waals surface area contributed by atoms with E-state index in [0.717, 1.165) is 16.8 Å². The van der Waals surface area contributed by atoms with Crippen LogP contribution < -0.4 is 16.2 Å². The zero-order valence-corrected chi connectivity index (χ0v) is 15.1. The van der Waals surface area contributed by atoms with Crippen LogP contribution in [0, 0.1) is 0 Å². The Labute approximate surface area is 154 Å². The molecule has 0 bridgehead atoms. The number of allylic oxidation sites excluding steroid dienone is 2. The SMILES string of the molecule is CC(N)C1=CC(c2ccnc(Nc3cccc(S(N)=O)c3)n2)=CCC1O. The van der Waals surface area contributed by atoms with Gasteiger partial charge in [0.05, 0.1) is 16.7 Å². The van der Waals surface area contributed by atoms with Gasteiger partial charge in [-0.2, -0.15) is 0 Å². The first-order chi connectivity index (χ1) is 12.4. The van der Waals surface area contributed by atoms with Crippen molar-refractivity contribution in [3.8, 4) is 0 Å². The van der Waals surface area contributed by atoms with E-state index in [0.29, 0.717) is 23.0 Å². The maximum absolute atomic E-state index is 11.4. The first kappa shape index (κ1) is 18.4. The average molecular weight is 371 g/mol. The lowest BCUT2D eigenvalue weighted by Gasteiger charge is -2.22. The Hall–Kier alpha value is -2.39. The number of hydrogen-bond donors (Lipinski definition) is 4. The highest BCUT2D eigenvalue weighted by atomic mass is 32.2. The van der Waals surface area contributed by atoms with Crippen LogP contribution in [0.25, 0.3) is 5.57 Å². The Morgan fingerprint density at radius 1 is 1.38 bits per heavy atom. The van der Waals surface area contributed by atoms with E-state index < -0.39 is 17.1 Å². The topological polar surface area (TPSA) is 127 Å². The lowest BCUT2D eigenvalue weighted by Crippen LogP contribution is -2.28. The smallest absolute Gasteiger partial charge is 0.227 e. The number of nitrogens with one attached hydrogen (secondary N) is 1. The van der Waals surface area contributed by atoms with E-state index in [1.165, 1.54) is 0 Å². The van der Waals surface area contributed by atoms with Crippen LogP contribution in [0.2, 0.25) is 0 Å². The zero-order chi connectivity index (χ0) is 18.7. The molecule has 3 atom stereocenters. The number of rotatable bonds is 5. The molecule has 1 heterocycles. The number of aliphatic hydroxyl groups excluding tert-OH is 1. The number of hydrogen-bond acceptors (Lipinski definition) is 6. The first-order valence-corrected chi connectivity index (χ1v) is 9.37. The molecule has 1 aliphatic rings. The highest BCUT2D eigenvalue weighted by molar-refractivity contribution is 7.82. The molecule has 1 aromatic heterocycles. The van der Waals surface area contributed by atoms with Crippen LogP contribution in [0.4, 0.5) is 11.6 Å². The van der Waals surface area contributed by atoms with E-state index in [1.54, 1.807) is 30.5 Å². The van der Waals surface area contributed by atoms with Crippen LogP contribution in [-0.4, -0.2) is 31.4 Å². The van der Waals surface area contributed by atoms with E-state index in [1.807, 2.05) is 25.1 Å². The van der Waals surface area contributed by atoms with Crippen molar-refractivity contribution in [3.05, 3.63) is 59.9 Å². The van der Waals surface area contributed by atoms with Gasteiger partial charge < -0.3 is 16.2 Å². The molecule has 3 unspecified atom stereocenters. The van der Waals surface area contributed by atoms with Crippen molar-refractivity contribution in [2.45, 2.75) is 30.4 Å². The second-order valence-electron chi connectivity index (χ2n) is 6.06. The van der Waals surface area contributed by atoms with Crippen LogP contribution in [0.1, 0.15) is 19.0 Å². The predicted octanol–water partition coefficient (Wildman–Crippen LogP) is 1.62. The molecule has 0 spiro atoms. The van der Waals surface area contributed by atoms with Gasteiger partial charge in [-0.15, -0.1) is 0 Å². The van der Waals surface area contributed by atoms with Crippen molar-refractivity contribution in [2.75, 3.05) is 5.32 Å². The first-order valence-electron chi connectivity index (χ1n) is 8.16. The van der Waals surface area contributed by atoms with Gasteiger partial charge >= 0.3 is 0 Å². The number of anilines is 2. The molecule has 3 rings (SSSR count). The van der Waals surface area contributed by atoms with E-state index >= 15 is 0 Å². The number of aromatic nitrogens is 2. The fourth-order valence-electron chi connectivity index (χ4n) is 2.73. The van der Waals surface area contributed by atoms with Crippen molar-refractivity contribution >= 4 is 28.2 Å². The maximum Gasteiger partial charge on any atom is 0.227 e. The van der Waals surface area contributed by atoms with Gasteiger partial charge in [-0.05, 0) is 54.8 Å². The van der Waals surface area contributed by atoms with Gasteiger partial charge in [0.15, 0.2) is 0 Å². The van der Waals surface area contributed by atoms with Gasteiger partial charge in [0.1, 0.15) is 11.0 Å². The highest BCUT2D eigenvalue weighted by Crippen LogP contribution is 2.26. The van der Waals surface area contributed by atoms with Crippen LogP contribution in [0.3, 0.4) is 0 Å². The molecular weight excluding hydrogens is 350 g/mol. The van der Waals surface area contributed by atoms with Crippen LogP contribution in [0.15, 0.2) is 59.1 Å². The summed E-state index contributed by atoms with van der Waals surface area (Å²) in [5, 5.41) is 18.6. The lowest BCUT2D eigenvalue weighted by atomic mass is 9.91. The molecule has 0 radical (unpaired) electrons. The molecule has 0 fully saturated rings. The molecule has 6 N–H and O–H groups in total. The van der Waals surface area contributed by atoms with Crippen molar-refractivity contribution in [1.82, 2.24) is 9.97 Å². The zero-order valence-electron chi connectivity index (χ0n) is 14.3. The molecule has 2 aromatic rings. The molecule has 0 amide bonds. The van der Waals surface area contributed by atoms with Crippen molar-refractivity contribution in [1.29, 1.82) is 0 Å². The molecule has 0 saturated heterocycles. The number of nitrogens with zero attached hydrogens (tertiary/aromatic N) is 2. The molecule has 136 valence electrons. The van der Waals surface area contributed by atoms with E-state index in [-0.39, 0.29) is 6.04 Å². The minimum absolute atomic E-state index is 0.229. The monoisotopic (exact) mass is 371 g/mol. The van der Waals surface area contributed by atoms with Gasteiger partial charge in [-0.25, -0.2) is 19.3 Å². The predicted molar refractivity (Wildman–Crippen MR) is 103 cm³/mol. The summed E-state index contributed by atoms with van der Waals surface area (Å²) in [7, 11) is -1.55. The minimum atomic E-state index is -1.55. The van der Waals surface area contributed by atoms with Crippen molar-refractivity contribution in [2.24, 2.45) is 10.9 Å². The molecular formula is C18H21N5O2S. The summed E-state index contributed by atoms with van der Waals surface area (Å²) < 4.78 is 11.4. The number of benzene rings is 1. The molecule has 0 aliphatic heterocycles. The van der Waals surface area contributed by atoms with E-state index in [9.17, 15) is 9.32 Å². The fourth-order valence-corrected chi connectivity index (χ4v) is 3.19. The van der Waals surface area contributed by atoms with Crippen LogP contribution in [0.5, 0.6) is 0 Å². The summed E-state index contributed by atoms with van der Waals surface area (Å²) in [4.78, 5) is 9.26. The second-order valence-corrected chi connectivity index (χ2v) is 7.13. The molecule has 7 nitrogen and oxygen atoms in total. The highest BCUT2D eigenvalue weighted by Gasteiger charge is 2.19. The largest absolute Gasteiger partial charge is 0.388 e. The summed E-state index contributed by atoms with van der Waals surface area (Å²) >= 11 is 0. The third-order valence-corrected chi connectivity index (χ3v) is 4.79. The average Bonchev–Trinajstić information content (AvgIpc) is 2.62. The third-order valence-electron chi connectivity index (χ3n) is 4.07. The fraction of sp³-hybridized carbons (Fsp3) is 0.222. The van der Waals surface area contributed by atoms with E-state index in [2.05, 4.69) is 15.3 Å². The Morgan fingerprint density at radius 3 is 2.92 bits per heavy atom. The summed E-state index contributed by atoms with van der Waals surface area (Å²) in [5.74, 6) is 0.408. The Kier molecular flexibility index (Phi) is 5.58. The molecule has 8 heteroatoms. The Bertz CT molecular complexity index is 895. The standard InChI is InChI=1S/C18H21N5O2S/c1-11(19)15-9-12(5-6-17(15)24)16-7-8-21-18(23-16)22-13-3-2-4-14(10-13)26(20)25/h2-5,7-11,17,24H,6,19-20H2,1H3,(H,21,22,23). The van der Waals surface area contributed by atoms with Crippen molar-refractivity contribution < 1.29 is 9.32 Å². The Balaban J connectivity index is 1.85. The third kappa shape index (κ3) is 4.23. The second kappa shape index (κ2) is 7.88. The lowest BCUT2D eigenvalue weighted by molar-refractivity contribution is 0.206. The molecule has 1 aromatic carbocycles. The maximum atomic E-state index is 11.4. The van der Waals surface area contributed by atoms with Crippen LogP contribution in [-0.2, 0) is 11.0 Å². The van der Waals surface area contributed by atoms with Crippen LogP contribution >= 0.6 is 0 Å². The molecule has 0 saturated carbocycles. The Morgan fingerprint density at radius 2 is 2.19 bits per heavy atom. The number of nitrogens with two attached hydrogens (primary N) is 2. The van der Waals surface area contributed by atoms with Gasteiger partial charge in [-0.1, -0.05) is 12.1 Å². The summed E-state index contributed by atoms with van der Waals surface area (Å²) in [6.07, 6.45) is 5.41. The summed E-state index contributed by atoms with van der Waals surface area (Å²) in [6.45, 7) is 1.85. The summed E-state index contributed by atoms with van der Waals surface area (Å²) in [6, 6.07) is 8.53. The molecule has 26 heavy (non-hydrogen) atoms. The summed E-state index contributed by atoms with van der Waals surface area (Å²) in [5.41, 5.74) is 9.03. The van der Waals surface area contributed by atoms with E-state index in [4.69, 9.17) is 10.9 Å². The minimum Gasteiger partial charge on any atom is -0.388 e. The normalized spacial score (nSPS) is 19.3. The van der Waals surface area contributed by atoms with Gasteiger partial charge in [0.25, 0.3) is 0 Å². The molecule has 1 aliphatic carbocycles. The van der Waals surface area contributed by atoms with Gasteiger partial charge in [-0.3, -0.25) is 0 Å². The quantitative estimate of drug-likeness (QED) is 0.632. The number of aliphatic hydroxyl groups is 1. The van der Waals surface area contributed by atoms with Gasteiger partial charge in [0, 0.05) is 17.9 Å².